The Kier molecular flexibility index (Phi) is 4.34. The third-order valence-electron chi connectivity index (χ3n) is 3.27. The molecule has 1 aromatic carbocycles. The van der Waals surface area contributed by atoms with E-state index >= 15 is 0 Å². The van der Waals surface area contributed by atoms with Gasteiger partial charge in [-0.05, 0) is 30.7 Å². The summed E-state index contributed by atoms with van der Waals surface area (Å²) in [6.07, 6.45) is 0. The Morgan fingerprint density at radius 2 is 2.20 bits per heavy atom. The van der Waals surface area contributed by atoms with E-state index in [4.69, 9.17) is 4.74 Å². The number of carbonyl (C=O) groups is 2. The van der Waals surface area contributed by atoms with E-state index in [0.717, 1.165) is 0 Å². The average Bonchev–Trinajstić information content (AvgIpc) is 2.48. The molecule has 0 bridgehead atoms. The lowest BCUT2D eigenvalue weighted by Crippen LogP contribution is -2.53. The molecule has 6 heteroatoms. The third-order valence-corrected chi connectivity index (χ3v) is 3.27. The minimum absolute atomic E-state index is 0.110. The van der Waals surface area contributed by atoms with Crippen molar-refractivity contribution in [2.24, 2.45) is 0 Å². The topological polar surface area (TPSA) is 55.8 Å². The lowest BCUT2D eigenvalue weighted by Gasteiger charge is -2.33. The van der Waals surface area contributed by atoms with E-state index in [1.807, 2.05) is 0 Å². The fourth-order valence-corrected chi connectivity index (χ4v) is 2.12. The maximum absolute atomic E-state index is 13.2. The van der Waals surface area contributed by atoms with Crippen molar-refractivity contribution in [1.82, 2.24) is 4.90 Å². The Morgan fingerprint density at radius 1 is 1.45 bits per heavy atom. The van der Waals surface area contributed by atoms with Gasteiger partial charge in [0.1, 0.15) is 5.82 Å². The normalized spacial score (nSPS) is 18.8. The number of rotatable bonds is 2. The van der Waals surface area contributed by atoms with Crippen molar-refractivity contribution in [3.05, 3.63) is 35.1 Å². The number of halogens is 1. The molecule has 1 fully saturated rings. The van der Waals surface area contributed by atoms with Crippen LogP contribution in [0.15, 0.2) is 18.2 Å². The van der Waals surface area contributed by atoms with Crippen molar-refractivity contribution in [3.63, 3.8) is 0 Å². The Balaban J connectivity index is 2.25. The number of methoxy groups -OCH3 is 1. The summed E-state index contributed by atoms with van der Waals surface area (Å²) in [5.41, 5.74) is 0.735. The molecule has 0 saturated carbocycles. The molecule has 1 amide bonds. The number of hydrogen-bond acceptors (Lipinski definition) is 4. The predicted octanol–water partition coefficient (Wildman–Crippen LogP) is 1.15. The van der Waals surface area contributed by atoms with E-state index in [1.54, 1.807) is 6.92 Å². The molecule has 1 atom stereocenters. The van der Waals surface area contributed by atoms with Crippen LogP contribution in [0.5, 0.6) is 0 Å². The van der Waals surface area contributed by atoms with Gasteiger partial charge in [-0.3, -0.25) is 4.79 Å². The van der Waals surface area contributed by atoms with Crippen molar-refractivity contribution in [3.8, 4) is 0 Å². The number of aryl methyl sites for hydroxylation is 1. The van der Waals surface area contributed by atoms with Gasteiger partial charge in [0.25, 0.3) is 5.91 Å². The highest BCUT2D eigenvalue weighted by atomic mass is 19.1. The summed E-state index contributed by atoms with van der Waals surface area (Å²) in [5, 5.41) is 0. The predicted molar refractivity (Wildman–Crippen MR) is 68.8 cm³/mol. The first-order valence-electron chi connectivity index (χ1n) is 6.27. The van der Waals surface area contributed by atoms with Crippen LogP contribution >= 0.6 is 0 Å². The monoisotopic (exact) mass is 281 g/mol. The second kappa shape index (κ2) is 6.00. The second-order valence-electron chi connectivity index (χ2n) is 4.58. The van der Waals surface area contributed by atoms with E-state index in [2.05, 4.69) is 4.74 Å². The maximum Gasteiger partial charge on any atom is 0.331 e. The molecule has 20 heavy (non-hydrogen) atoms. The summed E-state index contributed by atoms with van der Waals surface area (Å²) in [7, 11) is 1.27. The zero-order valence-corrected chi connectivity index (χ0v) is 11.4. The summed E-state index contributed by atoms with van der Waals surface area (Å²) in [5.74, 6) is -1.21. The average molecular weight is 281 g/mol. The number of benzene rings is 1. The number of nitrogens with zero attached hydrogens (tertiary/aromatic N) is 1. The second-order valence-corrected chi connectivity index (χ2v) is 4.58. The number of esters is 1. The van der Waals surface area contributed by atoms with Crippen LogP contribution in [0.3, 0.4) is 0 Å². The molecule has 2 rings (SSSR count). The van der Waals surface area contributed by atoms with E-state index in [1.165, 1.54) is 30.2 Å². The molecule has 0 spiro atoms. The summed E-state index contributed by atoms with van der Waals surface area (Å²) in [6, 6.07) is 3.37. The van der Waals surface area contributed by atoms with Gasteiger partial charge in [0, 0.05) is 12.1 Å². The highest BCUT2D eigenvalue weighted by Gasteiger charge is 2.34. The van der Waals surface area contributed by atoms with E-state index < -0.39 is 12.0 Å². The van der Waals surface area contributed by atoms with Crippen LogP contribution in [-0.2, 0) is 14.3 Å². The van der Waals surface area contributed by atoms with Crippen LogP contribution in [0.1, 0.15) is 15.9 Å². The van der Waals surface area contributed by atoms with Crippen LogP contribution in [-0.4, -0.2) is 49.7 Å². The Morgan fingerprint density at radius 3 is 2.85 bits per heavy atom. The molecular weight excluding hydrogens is 265 g/mol. The highest BCUT2D eigenvalue weighted by Crippen LogP contribution is 2.16. The summed E-state index contributed by atoms with van der Waals surface area (Å²) < 4.78 is 23.1. The molecule has 1 heterocycles. The standard InChI is InChI=1S/C14H16FNO4/c1-9-7-10(3-4-11(9)15)13(17)16-5-6-20-8-12(16)14(18)19-2/h3-4,7,12H,5-6,8H2,1-2H3. The van der Waals surface area contributed by atoms with Gasteiger partial charge in [-0.1, -0.05) is 0 Å². The third kappa shape index (κ3) is 2.80. The smallest absolute Gasteiger partial charge is 0.331 e. The lowest BCUT2D eigenvalue weighted by molar-refractivity contribution is -0.151. The number of amides is 1. The first-order chi connectivity index (χ1) is 9.54. The number of hydrogen-bond donors (Lipinski definition) is 0. The van der Waals surface area contributed by atoms with Gasteiger partial charge in [-0.15, -0.1) is 0 Å². The van der Waals surface area contributed by atoms with Gasteiger partial charge in [-0.2, -0.15) is 0 Å². The molecule has 0 N–H and O–H groups in total. The highest BCUT2D eigenvalue weighted by molar-refractivity contribution is 5.97. The molecule has 1 aromatic rings. The maximum atomic E-state index is 13.2. The largest absolute Gasteiger partial charge is 0.467 e. The van der Waals surface area contributed by atoms with Gasteiger partial charge < -0.3 is 14.4 Å². The van der Waals surface area contributed by atoms with Crippen molar-refractivity contribution in [2.75, 3.05) is 26.9 Å². The summed E-state index contributed by atoms with van der Waals surface area (Å²) in [6.45, 7) is 2.36. The molecule has 108 valence electrons. The zero-order chi connectivity index (χ0) is 14.7. The number of morpholine rings is 1. The van der Waals surface area contributed by atoms with Gasteiger partial charge >= 0.3 is 5.97 Å². The minimum atomic E-state index is -0.758. The van der Waals surface area contributed by atoms with Crippen molar-refractivity contribution < 1.29 is 23.5 Å². The number of ether oxygens (including phenoxy) is 2. The van der Waals surface area contributed by atoms with Crippen LogP contribution in [0, 0.1) is 12.7 Å². The minimum Gasteiger partial charge on any atom is -0.467 e. The van der Waals surface area contributed by atoms with Gasteiger partial charge in [0.2, 0.25) is 0 Å². The van der Waals surface area contributed by atoms with Crippen molar-refractivity contribution in [1.29, 1.82) is 0 Å². The van der Waals surface area contributed by atoms with Crippen LogP contribution in [0.2, 0.25) is 0 Å². The first kappa shape index (κ1) is 14.5. The first-order valence-corrected chi connectivity index (χ1v) is 6.27. The molecule has 1 unspecified atom stereocenters. The Labute approximate surface area is 116 Å². The Bertz CT molecular complexity index is 532. The molecule has 1 saturated heterocycles. The molecular formula is C14H16FNO4. The SMILES string of the molecule is COC(=O)C1COCCN1C(=O)c1ccc(F)c(C)c1. The fourth-order valence-electron chi connectivity index (χ4n) is 2.12. The van der Waals surface area contributed by atoms with Gasteiger partial charge in [-0.25, -0.2) is 9.18 Å². The zero-order valence-electron chi connectivity index (χ0n) is 11.4. The van der Waals surface area contributed by atoms with Crippen molar-refractivity contribution in [2.45, 2.75) is 13.0 Å². The Hall–Kier alpha value is -1.95. The molecule has 0 aliphatic carbocycles. The molecule has 0 aromatic heterocycles. The van der Waals surface area contributed by atoms with Crippen LogP contribution < -0.4 is 0 Å². The van der Waals surface area contributed by atoms with E-state index in [-0.39, 0.29) is 18.3 Å². The lowest BCUT2D eigenvalue weighted by atomic mass is 10.1. The van der Waals surface area contributed by atoms with Crippen LogP contribution in [0.25, 0.3) is 0 Å². The molecule has 1 aliphatic heterocycles. The van der Waals surface area contributed by atoms with Gasteiger partial charge in [0.15, 0.2) is 6.04 Å². The number of carbonyl (C=O) groups excluding carboxylic acids is 2. The van der Waals surface area contributed by atoms with E-state index in [0.29, 0.717) is 24.3 Å². The molecule has 1 aliphatic rings. The summed E-state index contributed by atoms with van der Waals surface area (Å²) in [4.78, 5) is 25.5. The summed E-state index contributed by atoms with van der Waals surface area (Å²) >= 11 is 0. The van der Waals surface area contributed by atoms with E-state index in [9.17, 15) is 14.0 Å². The molecule has 5 nitrogen and oxygen atoms in total. The van der Waals surface area contributed by atoms with Crippen LogP contribution in [0.4, 0.5) is 4.39 Å². The quantitative estimate of drug-likeness (QED) is 0.763. The fraction of sp³-hybridized carbons (Fsp3) is 0.429. The van der Waals surface area contributed by atoms with Gasteiger partial charge in [0.05, 0.1) is 20.3 Å². The van der Waals surface area contributed by atoms with Crippen molar-refractivity contribution >= 4 is 11.9 Å². The molecule has 0 radical (unpaired) electrons.